The van der Waals surface area contributed by atoms with Crippen molar-refractivity contribution in [3.8, 4) is 0 Å². The molecule has 112 valence electrons. The highest BCUT2D eigenvalue weighted by molar-refractivity contribution is 9.10. The Kier molecular flexibility index (Phi) is 5.27. The summed E-state index contributed by atoms with van der Waals surface area (Å²) in [4.78, 5) is 0. The van der Waals surface area contributed by atoms with Gasteiger partial charge in [-0.3, -0.25) is 11.3 Å². The number of hydrogen-bond acceptors (Lipinski definition) is 2. The zero-order valence-electron chi connectivity index (χ0n) is 13.0. The van der Waals surface area contributed by atoms with Gasteiger partial charge in [-0.25, -0.2) is 0 Å². The molecule has 0 amide bonds. The molecule has 1 aromatic rings. The van der Waals surface area contributed by atoms with Crippen LogP contribution in [0.2, 0.25) is 0 Å². The number of rotatable bonds is 3. The van der Waals surface area contributed by atoms with E-state index in [4.69, 9.17) is 5.84 Å². The van der Waals surface area contributed by atoms with Crippen molar-refractivity contribution in [1.82, 2.24) is 5.43 Å². The molecule has 3 N–H and O–H groups in total. The largest absolute Gasteiger partial charge is 0.271 e. The van der Waals surface area contributed by atoms with Gasteiger partial charge in [-0.05, 0) is 61.1 Å². The Hall–Kier alpha value is -0.380. The molecule has 1 fully saturated rings. The van der Waals surface area contributed by atoms with E-state index in [-0.39, 0.29) is 6.04 Å². The van der Waals surface area contributed by atoms with E-state index in [0.717, 1.165) is 11.8 Å². The Morgan fingerprint density at radius 1 is 1.15 bits per heavy atom. The summed E-state index contributed by atoms with van der Waals surface area (Å²) in [6, 6.07) is 4.81. The molecule has 3 heteroatoms. The summed E-state index contributed by atoms with van der Waals surface area (Å²) in [5.74, 6) is 8.18. The molecule has 4 unspecified atom stereocenters. The van der Waals surface area contributed by atoms with Gasteiger partial charge >= 0.3 is 0 Å². The number of hydrazine groups is 1. The van der Waals surface area contributed by atoms with Crippen molar-refractivity contribution in [3.05, 3.63) is 33.3 Å². The lowest BCUT2D eigenvalue weighted by atomic mass is 9.72. The fourth-order valence-electron chi connectivity index (χ4n) is 3.56. The summed E-state index contributed by atoms with van der Waals surface area (Å²) in [7, 11) is 0. The van der Waals surface area contributed by atoms with Crippen LogP contribution in [-0.4, -0.2) is 0 Å². The maximum atomic E-state index is 5.89. The van der Waals surface area contributed by atoms with Crippen LogP contribution in [-0.2, 0) is 0 Å². The van der Waals surface area contributed by atoms with E-state index in [1.165, 1.54) is 40.4 Å². The minimum atomic E-state index is 0.274. The molecule has 4 atom stereocenters. The first kappa shape index (κ1) is 16.0. The molecule has 0 radical (unpaired) electrons. The third-order valence-electron chi connectivity index (χ3n) is 5.11. The molecular weight excluding hydrogens is 312 g/mol. The van der Waals surface area contributed by atoms with E-state index < -0.39 is 0 Å². The summed E-state index contributed by atoms with van der Waals surface area (Å²) in [6.45, 7) is 9.06. The van der Waals surface area contributed by atoms with Gasteiger partial charge in [-0.1, -0.05) is 48.3 Å². The van der Waals surface area contributed by atoms with Crippen molar-refractivity contribution >= 4 is 15.9 Å². The van der Waals surface area contributed by atoms with Crippen LogP contribution in [0.25, 0.3) is 0 Å². The van der Waals surface area contributed by atoms with Gasteiger partial charge in [0, 0.05) is 10.5 Å². The smallest absolute Gasteiger partial charge is 0.0488 e. The van der Waals surface area contributed by atoms with Crippen LogP contribution >= 0.6 is 15.9 Å². The topological polar surface area (TPSA) is 38.0 Å². The number of aryl methyl sites for hydroxylation is 2. The normalized spacial score (nSPS) is 28.4. The van der Waals surface area contributed by atoms with Crippen LogP contribution in [0.1, 0.15) is 55.8 Å². The second-order valence-corrected chi connectivity index (χ2v) is 7.43. The Labute approximate surface area is 131 Å². The van der Waals surface area contributed by atoms with Crippen molar-refractivity contribution in [3.63, 3.8) is 0 Å². The van der Waals surface area contributed by atoms with Gasteiger partial charge < -0.3 is 0 Å². The van der Waals surface area contributed by atoms with Crippen LogP contribution < -0.4 is 11.3 Å². The molecule has 1 aliphatic carbocycles. The number of benzene rings is 1. The van der Waals surface area contributed by atoms with Gasteiger partial charge in [-0.15, -0.1) is 0 Å². The highest BCUT2D eigenvalue weighted by atomic mass is 79.9. The van der Waals surface area contributed by atoms with Crippen molar-refractivity contribution in [1.29, 1.82) is 0 Å². The minimum Gasteiger partial charge on any atom is -0.271 e. The molecule has 2 rings (SSSR count). The van der Waals surface area contributed by atoms with Crippen LogP contribution in [0, 0.1) is 31.6 Å². The van der Waals surface area contributed by atoms with Crippen molar-refractivity contribution in [2.45, 2.75) is 53.0 Å². The van der Waals surface area contributed by atoms with E-state index in [1.807, 2.05) is 0 Å². The lowest BCUT2D eigenvalue weighted by molar-refractivity contribution is 0.171. The molecule has 20 heavy (non-hydrogen) atoms. The second kappa shape index (κ2) is 6.59. The average molecular weight is 339 g/mol. The predicted octanol–water partition coefficient (Wildman–Crippen LogP) is 4.64. The van der Waals surface area contributed by atoms with Gasteiger partial charge in [-0.2, -0.15) is 0 Å². The Morgan fingerprint density at radius 3 is 2.25 bits per heavy atom. The monoisotopic (exact) mass is 338 g/mol. The fraction of sp³-hybridized carbons (Fsp3) is 0.647. The number of nitrogens with one attached hydrogen (secondary N) is 1. The molecule has 0 aliphatic heterocycles. The van der Waals surface area contributed by atoms with E-state index in [9.17, 15) is 0 Å². The quantitative estimate of drug-likeness (QED) is 0.622. The SMILES string of the molecule is Cc1cc(C(NN)C2CCC(C)C(C)C2)cc(C)c1Br. The van der Waals surface area contributed by atoms with E-state index in [1.54, 1.807) is 0 Å². The third-order valence-corrected chi connectivity index (χ3v) is 6.36. The fourth-order valence-corrected chi connectivity index (χ4v) is 3.78. The molecule has 0 heterocycles. The lowest BCUT2D eigenvalue weighted by Crippen LogP contribution is -2.37. The summed E-state index contributed by atoms with van der Waals surface area (Å²) in [5, 5.41) is 0. The Balaban J connectivity index is 2.24. The van der Waals surface area contributed by atoms with Crippen molar-refractivity contribution < 1.29 is 0 Å². The molecule has 0 aromatic heterocycles. The van der Waals surface area contributed by atoms with Gasteiger partial charge in [0.1, 0.15) is 0 Å². The summed E-state index contributed by atoms with van der Waals surface area (Å²) < 4.78 is 1.21. The predicted molar refractivity (Wildman–Crippen MR) is 89.3 cm³/mol. The first-order chi connectivity index (χ1) is 9.43. The van der Waals surface area contributed by atoms with Crippen molar-refractivity contribution in [2.24, 2.45) is 23.6 Å². The van der Waals surface area contributed by atoms with E-state index in [0.29, 0.717) is 5.92 Å². The summed E-state index contributed by atoms with van der Waals surface area (Å²) in [6.07, 6.45) is 3.86. The highest BCUT2D eigenvalue weighted by Gasteiger charge is 2.30. The van der Waals surface area contributed by atoms with Crippen LogP contribution in [0.5, 0.6) is 0 Å². The van der Waals surface area contributed by atoms with Crippen molar-refractivity contribution in [2.75, 3.05) is 0 Å². The van der Waals surface area contributed by atoms with Gasteiger partial charge in [0.15, 0.2) is 0 Å². The molecule has 1 saturated carbocycles. The summed E-state index contributed by atoms with van der Waals surface area (Å²) in [5.41, 5.74) is 6.99. The lowest BCUT2D eigenvalue weighted by Gasteiger charge is -2.37. The standard InChI is InChI=1S/C17H27BrN2/c1-10-5-6-14(7-11(10)2)17(20-19)15-8-12(3)16(18)13(4)9-15/h8-11,14,17,20H,5-7,19H2,1-4H3. The molecule has 0 bridgehead atoms. The van der Waals surface area contributed by atoms with Crippen LogP contribution in [0.4, 0.5) is 0 Å². The number of halogens is 1. The zero-order valence-corrected chi connectivity index (χ0v) is 14.6. The molecule has 1 aliphatic rings. The zero-order chi connectivity index (χ0) is 14.9. The first-order valence-corrected chi connectivity index (χ1v) is 8.46. The molecule has 1 aromatic carbocycles. The van der Waals surface area contributed by atoms with Crippen LogP contribution in [0.3, 0.4) is 0 Å². The first-order valence-electron chi connectivity index (χ1n) is 7.66. The average Bonchev–Trinajstić information content (AvgIpc) is 2.41. The number of hydrogen-bond donors (Lipinski definition) is 2. The molecule has 0 spiro atoms. The second-order valence-electron chi connectivity index (χ2n) is 6.64. The van der Waals surface area contributed by atoms with Gasteiger partial charge in [0.05, 0.1) is 0 Å². The highest BCUT2D eigenvalue weighted by Crippen LogP contribution is 2.40. The van der Waals surface area contributed by atoms with E-state index >= 15 is 0 Å². The van der Waals surface area contributed by atoms with E-state index in [2.05, 4.69) is 61.2 Å². The Morgan fingerprint density at radius 2 is 1.75 bits per heavy atom. The molecule has 0 saturated heterocycles. The maximum absolute atomic E-state index is 5.89. The van der Waals surface area contributed by atoms with Gasteiger partial charge in [0.25, 0.3) is 0 Å². The maximum Gasteiger partial charge on any atom is 0.0488 e. The number of nitrogens with two attached hydrogens (primary N) is 1. The summed E-state index contributed by atoms with van der Waals surface area (Å²) >= 11 is 3.65. The minimum absolute atomic E-state index is 0.274. The molecular formula is C17H27BrN2. The van der Waals surface area contributed by atoms with Crippen LogP contribution in [0.15, 0.2) is 16.6 Å². The third kappa shape index (κ3) is 3.26. The molecule has 2 nitrogen and oxygen atoms in total. The Bertz CT molecular complexity index is 449. The van der Waals surface area contributed by atoms with Gasteiger partial charge in [0.2, 0.25) is 0 Å².